The van der Waals surface area contributed by atoms with Gasteiger partial charge in [0.05, 0.1) is 5.92 Å². The Labute approximate surface area is 117 Å². The molecule has 0 spiro atoms. The van der Waals surface area contributed by atoms with Crippen LogP contribution in [0.2, 0.25) is 0 Å². The van der Waals surface area contributed by atoms with E-state index in [1.54, 1.807) is 0 Å². The summed E-state index contributed by atoms with van der Waals surface area (Å²) in [6.07, 6.45) is -0.539. The van der Waals surface area contributed by atoms with Crippen molar-refractivity contribution in [2.24, 2.45) is 16.7 Å². The molecule has 1 saturated carbocycles. The molecular weight excluding hydrogens is 269 g/mol. The maximum atomic E-state index is 12.3. The van der Waals surface area contributed by atoms with Gasteiger partial charge >= 0.3 is 12.1 Å². The number of hydrogen-bond donors (Lipinski definition) is 0. The summed E-state index contributed by atoms with van der Waals surface area (Å²) in [5.41, 5.74) is -0.694. The molecule has 0 aliphatic heterocycles. The Bertz CT molecular complexity index is 464. The van der Waals surface area contributed by atoms with E-state index < -0.39 is 18.2 Å². The largest absolute Gasteiger partial charge is 0.444 e. The van der Waals surface area contributed by atoms with E-state index in [9.17, 15) is 18.0 Å². The fourth-order valence-corrected chi connectivity index (χ4v) is 2.56. The van der Waals surface area contributed by atoms with Crippen molar-refractivity contribution < 1.29 is 22.7 Å². The van der Waals surface area contributed by atoms with Gasteiger partial charge in [0.25, 0.3) is 0 Å². The molecule has 0 bridgehead atoms. The molecule has 0 amide bonds. The molecule has 1 atom stereocenters. The number of hydrogen-bond acceptors (Lipinski definition) is 2. The SMILES string of the molecule is C#CC(OC(=O)C1C(C)(C)C1(C)C)/C(C)=C/C(F)(F)F. The molecule has 0 aromatic rings. The Morgan fingerprint density at radius 3 is 2.05 bits per heavy atom. The highest BCUT2D eigenvalue weighted by Crippen LogP contribution is 2.68. The van der Waals surface area contributed by atoms with Crippen LogP contribution in [-0.4, -0.2) is 18.2 Å². The third-order valence-corrected chi connectivity index (χ3v) is 4.45. The van der Waals surface area contributed by atoms with Crippen molar-refractivity contribution in [1.82, 2.24) is 0 Å². The third-order valence-electron chi connectivity index (χ3n) is 4.45. The number of allylic oxidation sites excluding steroid dienone is 1. The smallest absolute Gasteiger partial charge is 0.409 e. The first kappa shape index (κ1) is 16.6. The highest BCUT2D eigenvalue weighted by molar-refractivity contribution is 5.79. The molecule has 112 valence electrons. The first-order chi connectivity index (χ1) is 8.84. The first-order valence-electron chi connectivity index (χ1n) is 6.27. The summed E-state index contributed by atoms with van der Waals surface area (Å²) >= 11 is 0. The minimum absolute atomic E-state index is 0.0635. The van der Waals surface area contributed by atoms with Crippen LogP contribution in [0.5, 0.6) is 0 Å². The molecule has 20 heavy (non-hydrogen) atoms. The van der Waals surface area contributed by atoms with Gasteiger partial charge in [0, 0.05) is 6.08 Å². The molecule has 1 unspecified atom stereocenters. The fourth-order valence-electron chi connectivity index (χ4n) is 2.56. The number of alkyl halides is 3. The highest BCUT2D eigenvalue weighted by atomic mass is 19.4. The maximum absolute atomic E-state index is 12.3. The highest BCUT2D eigenvalue weighted by Gasteiger charge is 2.69. The number of rotatable bonds is 3. The molecule has 0 saturated heterocycles. The summed E-state index contributed by atoms with van der Waals surface area (Å²) in [6, 6.07) is 0. The van der Waals surface area contributed by atoms with E-state index in [0.717, 1.165) is 0 Å². The summed E-state index contributed by atoms with van der Waals surface area (Å²) in [5.74, 6) is 1.18. The van der Waals surface area contributed by atoms with Crippen LogP contribution in [0.25, 0.3) is 0 Å². The van der Waals surface area contributed by atoms with Crippen LogP contribution in [0.15, 0.2) is 11.6 Å². The molecule has 2 nitrogen and oxygen atoms in total. The summed E-state index contributed by atoms with van der Waals surface area (Å²) in [7, 11) is 0. The van der Waals surface area contributed by atoms with E-state index in [1.165, 1.54) is 6.92 Å². The molecule has 1 aliphatic rings. The van der Waals surface area contributed by atoms with Crippen molar-refractivity contribution in [3.63, 3.8) is 0 Å². The second kappa shape index (κ2) is 4.83. The first-order valence-corrected chi connectivity index (χ1v) is 6.27. The van der Waals surface area contributed by atoms with Crippen LogP contribution in [0, 0.1) is 29.1 Å². The summed E-state index contributed by atoms with van der Waals surface area (Å²) in [4.78, 5) is 12.0. The fraction of sp³-hybridized carbons (Fsp3) is 0.667. The van der Waals surface area contributed by atoms with Crippen molar-refractivity contribution in [1.29, 1.82) is 0 Å². The molecule has 5 heteroatoms. The molecule has 1 rings (SSSR count). The number of halogens is 3. The minimum Gasteiger partial charge on any atom is -0.444 e. The Hall–Kier alpha value is -1.44. The second-order valence-corrected chi connectivity index (χ2v) is 6.29. The van der Waals surface area contributed by atoms with Crippen LogP contribution in [0.3, 0.4) is 0 Å². The van der Waals surface area contributed by atoms with Gasteiger partial charge in [0.15, 0.2) is 6.10 Å². The monoisotopic (exact) mass is 288 g/mol. The van der Waals surface area contributed by atoms with Gasteiger partial charge in [-0.25, -0.2) is 0 Å². The van der Waals surface area contributed by atoms with Crippen molar-refractivity contribution in [3.8, 4) is 12.3 Å². The van der Waals surface area contributed by atoms with Gasteiger partial charge in [-0.1, -0.05) is 33.6 Å². The second-order valence-electron chi connectivity index (χ2n) is 6.29. The molecule has 0 aromatic carbocycles. The molecule has 0 radical (unpaired) electrons. The quantitative estimate of drug-likeness (QED) is 0.449. The van der Waals surface area contributed by atoms with Crippen molar-refractivity contribution in [2.45, 2.75) is 46.9 Å². The summed E-state index contributed by atoms with van der Waals surface area (Å²) in [5, 5.41) is 0. The zero-order valence-electron chi connectivity index (χ0n) is 12.3. The molecule has 0 heterocycles. The standard InChI is InChI=1S/C15H19F3O2/c1-7-10(9(2)8-15(16,17)18)20-12(19)11-13(3,4)14(11,5)6/h1,8,10-11H,2-6H3/b9-8+. The van der Waals surface area contributed by atoms with Crippen molar-refractivity contribution >= 4 is 5.97 Å². The molecular formula is C15H19F3O2. The topological polar surface area (TPSA) is 26.3 Å². The third kappa shape index (κ3) is 3.00. The van der Waals surface area contributed by atoms with Crippen LogP contribution in [-0.2, 0) is 9.53 Å². The predicted molar refractivity (Wildman–Crippen MR) is 69.6 cm³/mol. The van der Waals surface area contributed by atoms with Crippen molar-refractivity contribution in [2.75, 3.05) is 0 Å². The minimum atomic E-state index is -4.48. The summed E-state index contributed by atoms with van der Waals surface area (Å²) in [6.45, 7) is 8.88. The van der Waals surface area contributed by atoms with E-state index in [4.69, 9.17) is 11.2 Å². The predicted octanol–water partition coefficient (Wildman–Crippen LogP) is 3.72. The number of carbonyl (C=O) groups excluding carboxylic acids is 1. The number of carbonyl (C=O) groups is 1. The van der Waals surface area contributed by atoms with E-state index in [0.29, 0.717) is 0 Å². The molecule has 0 N–H and O–H groups in total. The Morgan fingerprint density at radius 1 is 1.30 bits per heavy atom. The van der Waals surface area contributed by atoms with Gasteiger partial charge in [-0.05, 0) is 23.3 Å². The van der Waals surface area contributed by atoms with Crippen LogP contribution >= 0.6 is 0 Å². The average molecular weight is 288 g/mol. The van der Waals surface area contributed by atoms with E-state index in [-0.39, 0.29) is 28.4 Å². The lowest BCUT2D eigenvalue weighted by Crippen LogP contribution is -2.22. The zero-order valence-corrected chi connectivity index (χ0v) is 12.3. The Kier molecular flexibility index (Phi) is 4.02. The zero-order chi connectivity index (χ0) is 15.9. The summed E-state index contributed by atoms with van der Waals surface area (Å²) < 4.78 is 41.9. The average Bonchev–Trinajstić information content (AvgIpc) is 2.63. The number of ether oxygens (including phenoxy) is 1. The van der Waals surface area contributed by atoms with Crippen LogP contribution < -0.4 is 0 Å². The van der Waals surface area contributed by atoms with E-state index in [2.05, 4.69) is 5.92 Å². The van der Waals surface area contributed by atoms with Gasteiger partial charge in [-0.15, -0.1) is 6.42 Å². The molecule has 1 aliphatic carbocycles. The van der Waals surface area contributed by atoms with Gasteiger partial charge in [0.2, 0.25) is 0 Å². The van der Waals surface area contributed by atoms with E-state index in [1.807, 2.05) is 27.7 Å². The molecule has 0 aromatic heterocycles. The Morgan fingerprint density at radius 2 is 1.75 bits per heavy atom. The van der Waals surface area contributed by atoms with Gasteiger partial charge in [0.1, 0.15) is 0 Å². The Balaban J connectivity index is 2.80. The van der Waals surface area contributed by atoms with Crippen LogP contribution in [0.1, 0.15) is 34.6 Å². The molecule has 1 fully saturated rings. The normalized spacial score (nSPS) is 22.9. The maximum Gasteiger partial charge on any atom is 0.409 e. The van der Waals surface area contributed by atoms with Crippen LogP contribution in [0.4, 0.5) is 13.2 Å². The lowest BCUT2D eigenvalue weighted by molar-refractivity contribution is -0.148. The van der Waals surface area contributed by atoms with Gasteiger partial charge < -0.3 is 4.74 Å². The van der Waals surface area contributed by atoms with Gasteiger partial charge in [-0.3, -0.25) is 4.79 Å². The lowest BCUT2D eigenvalue weighted by atomic mass is 10.0. The lowest BCUT2D eigenvalue weighted by Gasteiger charge is -2.14. The number of terminal acetylenes is 1. The number of esters is 1. The van der Waals surface area contributed by atoms with Crippen molar-refractivity contribution in [3.05, 3.63) is 11.6 Å². The van der Waals surface area contributed by atoms with Gasteiger partial charge in [-0.2, -0.15) is 13.2 Å². The van der Waals surface area contributed by atoms with E-state index >= 15 is 0 Å².